The van der Waals surface area contributed by atoms with E-state index < -0.39 is 0 Å². The molecule has 1 aliphatic rings. The highest BCUT2D eigenvalue weighted by atomic mass is 79.9. The predicted octanol–water partition coefficient (Wildman–Crippen LogP) is 1.88. The minimum Gasteiger partial charge on any atom is -0.399 e. The van der Waals surface area contributed by atoms with Crippen molar-refractivity contribution in [3.63, 3.8) is 0 Å². The quantitative estimate of drug-likeness (QED) is 0.862. The Labute approximate surface area is 116 Å². The second-order valence-corrected chi connectivity index (χ2v) is 5.45. The fraction of sp³-hybridized carbons (Fsp3) is 0.538. The number of benzene rings is 1. The third-order valence-electron chi connectivity index (χ3n) is 3.37. The van der Waals surface area contributed by atoms with Crippen molar-refractivity contribution in [3.8, 4) is 0 Å². The summed E-state index contributed by atoms with van der Waals surface area (Å²) in [6, 6.07) is 5.92. The molecular formula is C13H19BrN2O2. The van der Waals surface area contributed by atoms with Gasteiger partial charge in [0.15, 0.2) is 0 Å². The molecule has 0 saturated carbocycles. The monoisotopic (exact) mass is 314 g/mol. The highest BCUT2D eigenvalue weighted by molar-refractivity contribution is 9.10. The summed E-state index contributed by atoms with van der Waals surface area (Å²) in [7, 11) is 3.47. The number of nitrogen functional groups attached to an aromatic ring is 1. The molecule has 1 aromatic carbocycles. The first-order valence-corrected chi connectivity index (χ1v) is 6.75. The first-order valence-electron chi connectivity index (χ1n) is 5.96. The zero-order valence-electron chi connectivity index (χ0n) is 10.7. The Hall–Kier alpha value is -0.620. The highest BCUT2D eigenvalue weighted by Gasteiger charge is 2.32. The van der Waals surface area contributed by atoms with Crippen LogP contribution in [0, 0.1) is 0 Å². The minimum atomic E-state index is 0.155. The van der Waals surface area contributed by atoms with Crippen LogP contribution in [0.3, 0.4) is 0 Å². The van der Waals surface area contributed by atoms with E-state index in [0.717, 1.165) is 29.8 Å². The molecule has 0 spiro atoms. The lowest BCUT2D eigenvalue weighted by atomic mass is 10.2. The molecule has 1 fully saturated rings. The van der Waals surface area contributed by atoms with Crippen LogP contribution in [0.5, 0.6) is 0 Å². The number of anilines is 1. The highest BCUT2D eigenvalue weighted by Crippen LogP contribution is 2.24. The first-order chi connectivity index (χ1) is 8.63. The van der Waals surface area contributed by atoms with Gasteiger partial charge >= 0.3 is 0 Å². The molecule has 2 unspecified atom stereocenters. The summed E-state index contributed by atoms with van der Waals surface area (Å²) in [6.45, 7) is 2.66. The maximum absolute atomic E-state index is 5.74. The molecule has 0 amide bonds. The fourth-order valence-corrected chi connectivity index (χ4v) is 2.85. The molecule has 5 heteroatoms. The van der Waals surface area contributed by atoms with E-state index in [1.54, 1.807) is 14.2 Å². The van der Waals surface area contributed by atoms with Crippen LogP contribution in [0.2, 0.25) is 0 Å². The van der Waals surface area contributed by atoms with Gasteiger partial charge in [0.25, 0.3) is 0 Å². The van der Waals surface area contributed by atoms with E-state index in [0.29, 0.717) is 0 Å². The molecule has 0 bridgehead atoms. The van der Waals surface area contributed by atoms with Gasteiger partial charge in [0.2, 0.25) is 0 Å². The Bertz CT molecular complexity index is 402. The van der Waals surface area contributed by atoms with Gasteiger partial charge in [-0.15, -0.1) is 0 Å². The minimum absolute atomic E-state index is 0.155. The lowest BCUT2D eigenvalue weighted by Gasteiger charge is -2.16. The maximum atomic E-state index is 5.74. The van der Waals surface area contributed by atoms with E-state index in [1.165, 1.54) is 5.56 Å². The van der Waals surface area contributed by atoms with E-state index in [1.807, 2.05) is 12.1 Å². The van der Waals surface area contributed by atoms with Gasteiger partial charge in [0.1, 0.15) is 0 Å². The van der Waals surface area contributed by atoms with Crippen molar-refractivity contribution in [1.29, 1.82) is 0 Å². The third kappa shape index (κ3) is 3.03. The molecule has 4 nitrogen and oxygen atoms in total. The van der Waals surface area contributed by atoms with Crippen molar-refractivity contribution >= 4 is 21.6 Å². The third-order valence-corrected chi connectivity index (χ3v) is 4.11. The molecular weight excluding hydrogens is 296 g/mol. The Balaban J connectivity index is 2.02. The summed E-state index contributed by atoms with van der Waals surface area (Å²) >= 11 is 3.55. The topological polar surface area (TPSA) is 47.7 Å². The Morgan fingerprint density at radius 3 is 2.39 bits per heavy atom. The van der Waals surface area contributed by atoms with Crippen LogP contribution < -0.4 is 5.73 Å². The van der Waals surface area contributed by atoms with Crippen LogP contribution in [0.25, 0.3) is 0 Å². The number of ether oxygens (including phenoxy) is 2. The van der Waals surface area contributed by atoms with Crippen molar-refractivity contribution in [2.75, 3.05) is 33.0 Å². The average molecular weight is 315 g/mol. The number of nitrogens with two attached hydrogens (primary N) is 1. The van der Waals surface area contributed by atoms with E-state index in [4.69, 9.17) is 15.2 Å². The van der Waals surface area contributed by atoms with Crippen LogP contribution in [0.4, 0.5) is 5.69 Å². The van der Waals surface area contributed by atoms with Gasteiger partial charge < -0.3 is 15.2 Å². The number of hydrogen-bond donors (Lipinski definition) is 1. The van der Waals surface area contributed by atoms with Crippen molar-refractivity contribution in [1.82, 2.24) is 4.90 Å². The molecule has 1 aromatic rings. The lowest BCUT2D eigenvalue weighted by Crippen LogP contribution is -2.27. The van der Waals surface area contributed by atoms with Gasteiger partial charge in [-0.3, -0.25) is 4.90 Å². The predicted molar refractivity (Wildman–Crippen MR) is 75.4 cm³/mol. The molecule has 2 atom stereocenters. The Morgan fingerprint density at radius 2 is 1.89 bits per heavy atom. The number of hydrogen-bond acceptors (Lipinski definition) is 4. The maximum Gasteiger partial charge on any atom is 0.0971 e. The molecule has 1 heterocycles. The molecule has 1 saturated heterocycles. The standard InChI is InChI=1S/C13H19BrN2O2/c1-17-12-7-16(8-13(12)18-2)6-9-3-4-10(15)5-11(9)14/h3-5,12-13H,6-8,15H2,1-2H3. The van der Waals surface area contributed by atoms with E-state index in [-0.39, 0.29) is 12.2 Å². The number of halogens is 1. The van der Waals surface area contributed by atoms with Gasteiger partial charge in [-0.25, -0.2) is 0 Å². The zero-order valence-corrected chi connectivity index (χ0v) is 12.3. The van der Waals surface area contributed by atoms with E-state index in [2.05, 4.69) is 26.9 Å². The molecule has 2 rings (SSSR count). The van der Waals surface area contributed by atoms with Crippen molar-refractivity contribution < 1.29 is 9.47 Å². The number of likely N-dealkylation sites (tertiary alicyclic amines) is 1. The van der Waals surface area contributed by atoms with Crippen LogP contribution in [0.15, 0.2) is 22.7 Å². The normalized spacial score (nSPS) is 24.6. The summed E-state index contributed by atoms with van der Waals surface area (Å²) in [6.07, 6.45) is 0.310. The van der Waals surface area contributed by atoms with Crippen LogP contribution in [-0.2, 0) is 16.0 Å². The van der Waals surface area contributed by atoms with Gasteiger partial charge in [-0.05, 0) is 17.7 Å². The van der Waals surface area contributed by atoms with E-state index >= 15 is 0 Å². The average Bonchev–Trinajstić information content (AvgIpc) is 2.75. The van der Waals surface area contributed by atoms with Crippen LogP contribution in [0.1, 0.15) is 5.56 Å². The smallest absolute Gasteiger partial charge is 0.0971 e. The summed E-state index contributed by atoms with van der Waals surface area (Å²) in [5.41, 5.74) is 7.75. The second-order valence-electron chi connectivity index (χ2n) is 4.59. The van der Waals surface area contributed by atoms with Crippen molar-refractivity contribution in [2.24, 2.45) is 0 Å². The molecule has 18 heavy (non-hydrogen) atoms. The summed E-state index contributed by atoms with van der Waals surface area (Å²) in [5, 5.41) is 0. The number of rotatable bonds is 4. The molecule has 1 aliphatic heterocycles. The zero-order chi connectivity index (χ0) is 13.1. The Morgan fingerprint density at radius 1 is 1.28 bits per heavy atom. The van der Waals surface area contributed by atoms with Crippen LogP contribution >= 0.6 is 15.9 Å². The second kappa shape index (κ2) is 6.02. The van der Waals surface area contributed by atoms with E-state index in [9.17, 15) is 0 Å². The van der Waals surface area contributed by atoms with Crippen molar-refractivity contribution in [2.45, 2.75) is 18.8 Å². The largest absolute Gasteiger partial charge is 0.399 e. The molecule has 0 aromatic heterocycles. The SMILES string of the molecule is COC1CN(Cc2ccc(N)cc2Br)CC1OC. The van der Waals surface area contributed by atoms with Gasteiger partial charge in [0.05, 0.1) is 12.2 Å². The Kier molecular flexibility index (Phi) is 4.61. The first kappa shape index (κ1) is 13.8. The molecule has 2 N–H and O–H groups in total. The van der Waals surface area contributed by atoms with Gasteiger partial charge in [-0.1, -0.05) is 22.0 Å². The van der Waals surface area contributed by atoms with Crippen molar-refractivity contribution in [3.05, 3.63) is 28.2 Å². The number of methoxy groups -OCH3 is 2. The summed E-state index contributed by atoms with van der Waals surface area (Å²) < 4.78 is 11.9. The van der Waals surface area contributed by atoms with Gasteiger partial charge in [-0.2, -0.15) is 0 Å². The number of nitrogens with zero attached hydrogens (tertiary/aromatic N) is 1. The molecule has 0 radical (unpaired) electrons. The summed E-state index contributed by atoms with van der Waals surface area (Å²) in [5.74, 6) is 0. The van der Waals surface area contributed by atoms with Gasteiger partial charge in [0, 0.05) is 44.0 Å². The lowest BCUT2D eigenvalue weighted by molar-refractivity contribution is -0.00461. The molecule has 100 valence electrons. The fourth-order valence-electron chi connectivity index (χ4n) is 2.33. The molecule has 0 aliphatic carbocycles. The van der Waals surface area contributed by atoms with Crippen LogP contribution in [-0.4, -0.2) is 44.4 Å². The summed E-state index contributed by atoms with van der Waals surface area (Å²) in [4.78, 5) is 2.33.